The Morgan fingerprint density at radius 3 is 2.32 bits per heavy atom. The van der Waals surface area contributed by atoms with E-state index in [0.717, 1.165) is 34.1 Å². The maximum atomic E-state index is 14.1. The summed E-state index contributed by atoms with van der Waals surface area (Å²) in [5.74, 6) is -0.617. The number of aliphatic carboxylic acids is 1. The molecule has 0 amide bonds. The zero-order chi connectivity index (χ0) is 19.1. The highest BCUT2D eigenvalue weighted by atomic mass is 19.1. The lowest BCUT2D eigenvalue weighted by Gasteiger charge is -2.13. The summed E-state index contributed by atoms with van der Waals surface area (Å²) in [6.45, 7) is 9.28. The van der Waals surface area contributed by atoms with E-state index in [1.807, 2.05) is 32.9 Å². The van der Waals surface area contributed by atoms with Gasteiger partial charge in [-0.2, -0.15) is 0 Å². The number of aryl methyl sites for hydroxylation is 1. The number of methoxy groups -OCH3 is 1. The Morgan fingerprint density at radius 1 is 1.12 bits per heavy atom. The average molecular weight is 344 g/mol. The largest absolute Gasteiger partial charge is 0.496 e. The second-order valence-electron chi connectivity index (χ2n) is 5.98. The highest BCUT2D eigenvalue weighted by molar-refractivity contribution is 5.81. The third-order valence-corrected chi connectivity index (χ3v) is 4.05. The monoisotopic (exact) mass is 344 g/mol. The van der Waals surface area contributed by atoms with E-state index >= 15 is 0 Å². The zero-order valence-corrected chi connectivity index (χ0v) is 15.6. The van der Waals surface area contributed by atoms with Crippen LogP contribution in [0.15, 0.2) is 47.3 Å². The Bertz CT molecular complexity index is 781. The second kappa shape index (κ2) is 9.02. The molecule has 0 radical (unpaired) electrons. The molecule has 0 aliphatic carbocycles. The topological polar surface area (TPSA) is 46.5 Å². The van der Waals surface area contributed by atoms with Crippen LogP contribution in [0.3, 0.4) is 0 Å². The molecule has 0 unspecified atom stereocenters. The van der Waals surface area contributed by atoms with Crippen molar-refractivity contribution >= 4 is 12.0 Å². The quantitative estimate of drug-likeness (QED) is 0.550. The Kier molecular flexibility index (Phi) is 7.37. The normalized spacial score (nSPS) is 13.5. The highest BCUT2D eigenvalue weighted by Crippen LogP contribution is 2.28. The van der Waals surface area contributed by atoms with E-state index in [0.29, 0.717) is 11.1 Å². The molecule has 0 saturated heterocycles. The molecule has 0 aliphatic rings. The first-order valence-corrected chi connectivity index (χ1v) is 7.96. The summed E-state index contributed by atoms with van der Waals surface area (Å²) in [6.07, 6.45) is 7.35. The predicted octanol–water partition coefficient (Wildman–Crippen LogP) is 5.46. The number of carboxylic acids is 1. The molecule has 1 aromatic carbocycles. The fourth-order valence-electron chi connectivity index (χ4n) is 2.40. The summed E-state index contributed by atoms with van der Waals surface area (Å²) < 4.78 is 19.5. The fourth-order valence-corrected chi connectivity index (χ4v) is 2.40. The van der Waals surface area contributed by atoms with Gasteiger partial charge in [-0.15, -0.1) is 0 Å². The molecule has 0 fully saturated rings. The molecule has 3 nitrogen and oxygen atoms in total. The first-order valence-electron chi connectivity index (χ1n) is 7.96. The summed E-state index contributed by atoms with van der Waals surface area (Å²) in [5, 5.41) is 8.64. The van der Waals surface area contributed by atoms with Crippen molar-refractivity contribution in [3.05, 3.63) is 69.6 Å². The van der Waals surface area contributed by atoms with Crippen LogP contribution in [0.4, 0.5) is 4.39 Å². The summed E-state index contributed by atoms with van der Waals surface area (Å²) in [7, 11) is 1.64. The molecule has 0 aliphatic heterocycles. The Labute approximate surface area is 148 Å². The molecule has 1 N–H and O–H groups in total. The van der Waals surface area contributed by atoms with Gasteiger partial charge in [0.2, 0.25) is 0 Å². The van der Waals surface area contributed by atoms with Gasteiger partial charge in [0, 0.05) is 6.08 Å². The van der Waals surface area contributed by atoms with Gasteiger partial charge in [-0.25, -0.2) is 9.18 Å². The summed E-state index contributed by atoms with van der Waals surface area (Å²) in [5.41, 5.74) is 5.18. The number of halogens is 1. The highest BCUT2D eigenvalue weighted by Gasteiger charge is 2.08. The first kappa shape index (κ1) is 20.4. The molecule has 4 heteroatoms. The second-order valence-corrected chi connectivity index (χ2v) is 5.98. The standard InChI is InChI=1S/C21H25FO3/c1-13(11-21(23)24)7-10-19(22)14(2)8-9-18-15(3)12-20(25-6)17(5)16(18)4/h7-12H,1-6H3,(H,23,24)/b9-8+,10-7+,13-11+,19-14-. The maximum Gasteiger partial charge on any atom is 0.328 e. The molecule has 0 atom stereocenters. The van der Waals surface area contributed by atoms with Crippen molar-refractivity contribution in [2.45, 2.75) is 34.6 Å². The fraction of sp³-hybridized carbons (Fsp3) is 0.286. The molecular weight excluding hydrogens is 319 g/mol. The number of hydrogen-bond acceptors (Lipinski definition) is 2. The van der Waals surface area contributed by atoms with Crippen molar-refractivity contribution in [3.63, 3.8) is 0 Å². The Balaban J connectivity index is 3.11. The number of carboxylic acid groups (broad SMARTS) is 1. The van der Waals surface area contributed by atoms with E-state index < -0.39 is 11.8 Å². The van der Waals surface area contributed by atoms with Gasteiger partial charge >= 0.3 is 5.97 Å². The van der Waals surface area contributed by atoms with Crippen LogP contribution in [-0.2, 0) is 4.79 Å². The van der Waals surface area contributed by atoms with E-state index in [4.69, 9.17) is 9.84 Å². The van der Waals surface area contributed by atoms with Crippen LogP contribution < -0.4 is 4.74 Å². The van der Waals surface area contributed by atoms with E-state index in [1.54, 1.807) is 27.0 Å². The number of ether oxygens (including phenoxy) is 1. The van der Waals surface area contributed by atoms with Crippen LogP contribution >= 0.6 is 0 Å². The van der Waals surface area contributed by atoms with E-state index in [-0.39, 0.29) is 0 Å². The minimum atomic E-state index is -1.05. The molecule has 1 rings (SSSR count). The third kappa shape index (κ3) is 5.75. The average Bonchev–Trinajstić information content (AvgIpc) is 2.54. The lowest BCUT2D eigenvalue weighted by atomic mass is 9.96. The summed E-state index contributed by atoms with van der Waals surface area (Å²) in [6, 6.07) is 1.97. The SMILES string of the molecule is COc1cc(C)c(/C=C/C(C)=C(F)/C=C/C(C)=C/C(=O)O)c(C)c1C. The number of carbonyl (C=O) groups is 1. The first-order chi connectivity index (χ1) is 11.7. The van der Waals surface area contributed by atoms with Crippen molar-refractivity contribution in [3.8, 4) is 5.75 Å². The maximum absolute atomic E-state index is 14.1. The third-order valence-electron chi connectivity index (χ3n) is 4.05. The van der Waals surface area contributed by atoms with Crippen LogP contribution in [-0.4, -0.2) is 18.2 Å². The van der Waals surface area contributed by atoms with Gasteiger partial charge in [-0.1, -0.05) is 18.2 Å². The van der Waals surface area contributed by atoms with Crippen molar-refractivity contribution in [1.29, 1.82) is 0 Å². The van der Waals surface area contributed by atoms with Gasteiger partial charge in [-0.05, 0) is 80.2 Å². The van der Waals surface area contributed by atoms with Gasteiger partial charge in [0.1, 0.15) is 11.6 Å². The van der Waals surface area contributed by atoms with E-state index in [2.05, 4.69) is 0 Å². The molecule has 0 saturated carbocycles. The lowest BCUT2D eigenvalue weighted by molar-refractivity contribution is -0.131. The minimum absolute atomic E-state index is 0.407. The smallest absolute Gasteiger partial charge is 0.328 e. The van der Waals surface area contributed by atoms with Gasteiger partial charge in [0.05, 0.1) is 7.11 Å². The molecule has 0 spiro atoms. The molecule has 25 heavy (non-hydrogen) atoms. The Hall–Kier alpha value is -2.62. The van der Waals surface area contributed by atoms with Crippen molar-refractivity contribution in [2.75, 3.05) is 7.11 Å². The molecule has 0 bridgehead atoms. The lowest BCUT2D eigenvalue weighted by Crippen LogP contribution is -1.95. The van der Waals surface area contributed by atoms with Crippen LogP contribution in [0, 0.1) is 20.8 Å². The van der Waals surface area contributed by atoms with Crippen LogP contribution in [0.2, 0.25) is 0 Å². The van der Waals surface area contributed by atoms with Gasteiger partial charge < -0.3 is 9.84 Å². The van der Waals surface area contributed by atoms with Gasteiger partial charge in [0.25, 0.3) is 0 Å². The molecule has 0 aromatic heterocycles. The molecule has 134 valence electrons. The van der Waals surface area contributed by atoms with Gasteiger partial charge in [-0.3, -0.25) is 0 Å². The Morgan fingerprint density at radius 2 is 1.76 bits per heavy atom. The van der Waals surface area contributed by atoms with E-state index in [1.165, 1.54) is 12.2 Å². The van der Waals surface area contributed by atoms with Gasteiger partial charge in [0.15, 0.2) is 0 Å². The number of allylic oxidation sites excluding steroid dienone is 6. The zero-order valence-electron chi connectivity index (χ0n) is 15.6. The summed E-state index contributed by atoms with van der Waals surface area (Å²) in [4.78, 5) is 10.5. The molecule has 0 heterocycles. The van der Waals surface area contributed by atoms with E-state index in [9.17, 15) is 9.18 Å². The van der Waals surface area contributed by atoms with Crippen molar-refractivity contribution in [1.82, 2.24) is 0 Å². The molecular formula is C21H25FO3. The number of rotatable bonds is 6. The number of hydrogen-bond donors (Lipinski definition) is 1. The minimum Gasteiger partial charge on any atom is -0.496 e. The predicted molar refractivity (Wildman–Crippen MR) is 101 cm³/mol. The van der Waals surface area contributed by atoms with Crippen LogP contribution in [0.1, 0.15) is 36.1 Å². The van der Waals surface area contributed by atoms with Crippen molar-refractivity contribution in [2.24, 2.45) is 0 Å². The molecule has 1 aromatic rings. The van der Waals surface area contributed by atoms with Crippen molar-refractivity contribution < 1.29 is 19.0 Å². The van der Waals surface area contributed by atoms with Crippen LogP contribution in [0.25, 0.3) is 6.08 Å². The number of benzene rings is 1. The van der Waals surface area contributed by atoms with Crippen LogP contribution in [0.5, 0.6) is 5.75 Å². The summed E-state index contributed by atoms with van der Waals surface area (Å²) >= 11 is 0.